The maximum absolute atomic E-state index is 11.8. The zero-order chi connectivity index (χ0) is 14.8. The van der Waals surface area contributed by atoms with Gasteiger partial charge in [-0.2, -0.15) is 0 Å². The quantitative estimate of drug-likeness (QED) is 0.748. The predicted molar refractivity (Wildman–Crippen MR) is 80.7 cm³/mol. The minimum Gasteiger partial charge on any atom is -0.450 e. The molecule has 0 aliphatic carbocycles. The molecule has 0 heterocycles. The van der Waals surface area contributed by atoms with Crippen molar-refractivity contribution in [3.8, 4) is 0 Å². The summed E-state index contributed by atoms with van der Waals surface area (Å²) in [6.07, 6.45) is 1.38. The van der Waals surface area contributed by atoms with Gasteiger partial charge < -0.3 is 15.4 Å². The number of nitrogens with one attached hydrogen (secondary N) is 2. The van der Waals surface area contributed by atoms with Crippen molar-refractivity contribution in [3.05, 3.63) is 34.3 Å². The van der Waals surface area contributed by atoms with Gasteiger partial charge in [-0.1, -0.05) is 25.5 Å². The number of hydrogen-bond acceptors (Lipinski definition) is 3. The Balaban J connectivity index is 2.20. The summed E-state index contributed by atoms with van der Waals surface area (Å²) in [5, 5.41) is 5.30. The van der Waals surface area contributed by atoms with E-state index in [0.29, 0.717) is 25.3 Å². The molecule has 2 amide bonds. The van der Waals surface area contributed by atoms with E-state index in [-0.39, 0.29) is 5.91 Å². The number of rotatable bonds is 7. The van der Waals surface area contributed by atoms with Crippen LogP contribution in [0.2, 0.25) is 0 Å². The number of ether oxygens (including phenoxy) is 1. The van der Waals surface area contributed by atoms with Crippen molar-refractivity contribution >= 4 is 27.9 Å². The number of unbranched alkanes of at least 4 members (excludes halogenated alkanes) is 1. The normalized spacial score (nSPS) is 9.90. The van der Waals surface area contributed by atoms with Crippen molar-refractivity contribution in [3.63, 3.8) is 0 Å². The van der Waals surface area contributed by atoms with Crippen molar-refractivity contribution in [1.29, 1.82) is 0 Å². The Hall–Kier alpha value is -1.56. The van der Waals surface area contributed by atoms with Crippen LogP contribution in [0.25, 0.3) is 0 Å². The predicted octanol–water partition coefficient (Wildman–Crippen LogP) is 2.71. The lowest BCUT2D eigenvalue weighted by Crippen LogP contribution is -2.35. The van der Waals surface area contributed by atoms with Crippen molar-refractivity contribution in [2.45, 2.75) is 19.8 Å². The number of amides is 2. The topological polar surface area (TPSA) is 67.4 Å². The van der Waals surface area contributed by atoms with Crippen LogP contribution in [-0.4, -0.2) is 31.7 Å². The summed E-state index contributed by atoms with van der Waals surface area (Å²) in [5.41, 5.74) is 0.568. The smallest absolute Gasteiger partial charge is 0.407 e. The number of carbonyl (C=O) groups excluding carboxylic acids is 2. The molecule has 2 N–H and O–H groups in total. The lowest BCUT2D eigenvalue weighted by molar-refractivity contribution is 0.0951. The minimum absolute atomic E-state index is 0.182. The van der Waals surface area contributed by atoms with E-state index in [4.69, 9.17) is 4.74 Å². The highest BCUT2D eigenvalue weighted by Gasteiger charge is 2.08. The van der Waals surface area contributed by atoms with Gasteiger partial charge in [0, 0.05) is 17.6 Å². The molecule has 0 spiro atoms. The molecule has 5 nitrogen and oxygen atoms in total. The van der Waals surface area contributed by atoms with Gasteiger partial charge in [0.15, 0.2) is 0 Å². The van der Waals surface area contributed by atoms with Crippen LogP contribution < -0.4 is 10.6 Å². The van der Waals surface area contributed by atoms with Crippen molar-refractivity contribution in [2.24, 2.45) is 0 Å². The summed E-state index contributed by atoms with van der Waals surface area (Å²) in [5.74, 6) is -0.182. The van der Waals surface area contributed by atoms with Crippen molar-refractivity contribution in [1.82, 2.24) is 10.6 Å². The fourth-order valence-corrected chi connectivity index (χ4v) is 1.91. The van der Waals surface area contributed by atoms with E-state index in [9.17, 15) is 9.59 Å². The van der Waals surface area contributed by atoms with Gasteiger partial charge in [-0.15, -0.1) is 0 Å². The van der Waals surface area contributed by atoms with E-state index in [1.807, 2.05) is 13.0 Å². The van der Waals surface area contributed by atoms with Crippen LogP contribution in [0.3, 0.4) is 0 Å². The molecular formula is C14H19BrN2O3. The molecule has 1 aromatic rings. The number of benzene rings is 1. The first-order valence-corrected chi connectivity index (χ1v) is 7.37. The van der Waals surface area contributed by atoms with Gasteiger partial charge >= 0.3 is 6.09 Å². The van der Waals surface area contributed by atoms with E-state index in [0.717, 1.165) is 17.3 Å². The summed E-state index contributed by atoms with van der Waals surface area (Å²) >= 11 is 3.31. The molecule has 0 saturated heterocycles. The van der Waals surface area contributed by atoms with Gasteiger partial charge in [-0.25, -0.2) is 4.79 Å². The Morgan fingerprint density at radius 2 is 1.90 bits per heavy atom. The van der Waals surface area contributed by atoms with Crippen LogP contribution in [0.15, 0.2) is 28.7 Å². The Labute approximate surface area is 127 Å². The van der Waals surface area contributed by atoms with Crippen LogP contribution in [-0.2, 0) is 4.74 Å². The maximum atomic E-state index is 11.8. The zero-order valence-electron chi connectivity index (χ0n) is 11.4. The summed E-state index contributed by atoms with van der Waals surface area (Å²) in [6, 6.07) is 7.17. The molecule has 0 bridgehead atoms. The molecule has 0 fully saturated rings. The zero-order valence-corrected chi connectivity index (χ0v) is 13.0. The molecule has 0 aliphatic heterocycles. The first-order valence-electron chi connectivity index (χ1n) is 6.58. The maximum Gasteiger partial charge on any atom is 0.407 e. The first kappa shape index (κ1) is 16.5. The highest BCUT2D eigenvalue weighted by Crippen LogP contribution is 2.15. The lowest BCUT2D eigenvalue weighted by atomic mass is 10.2. The Kier molecular flexibility index (Phi) is 7.72. The molecule has 0 radical (unpaired) electrons. The van der Waals surface area contributed by atoms with Crippen molar-refractivity contribution in [2.75, 3.05) is 19.7 Å². The van der Waals surface area contributed by atoms with E-state index < -0.39 is 6.09 Å². The summed E-state index contributed by atoms with van der Waals surface area (Å²) in [6.45, 7) is 3.13. The Morgan fingerprint density at radius 1 is 1.20 bits per heavy atom. The molecule has 6 heteroatoms. The van der Waals surface area contributed by atoms with E-state index in [2.05, 4.69) is 26.6 Å². The van der Waals surface area contributed by atoms with E-state index in [1.165, 1.54) is 0 Å². The molecule has 20 heavy (non-hydrogen) atoms. The Morgan fingerprint density at radius 3 is 2.60 bits per heavy atom. The standard InChI is InChI=1S/C14H19BrN2O3/c1-2-3-10-20-14(19)17-9-8-16-13(18)11-6-4-5-7-12(11)15/h4-7H,2-3,8-10H2,1H3,(H,16,18)(H,17,19). The monoisotopic (exact) mass is 342 g/mol. The van der Waals surface area contributed by atoms with Crippen LogP contribution in [0.4, 0.5) is 4.79 Å². The average Bonchev–Trinajstić information content (AvgIpc) is 2.44. The lowest BCUT2D eigenvalue weighted by Gasteiger charge is -2.08. The third-order valence-corrected chi connectivity index (χ3v) is 3.22. The molecule has 1 aromatic carbocycles. The fourth-order valence-electron chi connectivity index (χ4n) is 1.44. The fraction of sp³-hybridized carbons (Fsp3) is 0.429. The SMILES string of the molecule is CCCCOC(=O)NCCNC(=O)c1ccccc1Br. The van der Waals surface area contributed by atoms with Gasteiger partial charge in [-0.05, 0) is 34.5 Å². The second kappa shape index (κ2) is 9.36. The average molecular weight is 343 g/mol. The highest BCUT2D eigenvalue weighted by molar-refractivity contribution is 9.10. The van der Waals surface area contributed by atoms with Gasteiger partial charge in [0.25, 0.3) is 5.91 Å². The van der Waals surface area contributed by atoms with Gasteiger partial charge in [0.05, 0.1) is 12.2 Å². The van der Waals surface area contributed by atoms with Gasteiger partial charge in [-0.3, -0.25) is 4.79 Å². The summed E-state index contributed by atoms with van der Waals surface area (Å²) in [4.78, 5) is 23.1. The molecule has 0 atom stereocenters. The molecule has 110 valence electrons. The molecular weight excluding hydrogens is 324 g/mol. The summed E-state index contributed by atoms with van der Waals surface area (Å²) < 4.78 is 5.66. The summed E-state index contributed by atoms with van der Waals surface area (Å²) in [7, 11) is 0. The van der Waals surface area contributed by atoms with E-state index >= 15 is 0 Å². The number of hydrogen-bond donors (Lipinski definition) is 2. The number of carbonyl (C=O) groups is 2. The molecule has 0 aliphatic rings. The van der Waals surface area contributed by atoms with Crippen LogP contribution in [0.5, 0.6) is 0 Å². The van der Waals surface area contributed by atoms with Crippen LogP contribution in [0.1, 0.15) is 30.1 Å². The van der Waals surface area contributed by atoms with E-state index in [1.54, 1.807) is 18.2 Å². The molecule has 0 unspecified atom stereocenters. The van der Waals surface area contributed by atoms with Crippen LogP contribution in [0, 0.1) is 0 Å². The number of alkyl carbamates (subject to hydrolysis) is 1. The molecule has 0 saturated carbocycles. The molecule has 0 aromatic heterocycles. The largest absolute Gasteiger partial charge is 0.450 e. The van der Waals surface area contributed by atoms with Gasteiger partial charge in [0.2, 0.25) is 0 Å². The molecule has 1 rings (SSSR count). The van der Waals surface area contributed by atoms with Crippen LogP contribution >= 0.6 is 15.9 Å². The van der Waals surface area contributed by atoms with Crippen molar-refractivity contribution < 1.29 is 14.3 Å². The minimum atomic E-state index is -0.450. The Bertz CT molecular complexity index is 452. The third kappa shape index (κ3) is 6.06. The number of halogens is 1. The second-order valence-electron chi connectivity index (χ2n) is 4.15. The van der Waals surface area contributed by atoms with Gasteiger partial charge in [0.1, 0.15) is 0 Å². The third-order valence-electron chi connectivity index (χ3n) is 2.53. The highest BCUT2D eigenvalue weighted by atomic mass is 79.9. The second-order valence-corrected chi connectivity index (χ2v) is 5.01. The first-order chi connectivity index (χ1) is 9.65.